The third kappa shape index (κ3) is 2.28. The quantitative estimate of drug-likeness (QED) is 0.797. The number of halogens is 1. The van der Waals surface area contributed by atoms with Gasteiger partial charge in [-0.05, 0) is 30.9 Å². The largest absolute Gasteiger partial charge is 0.286 e. The molecule has 0 bridgehead atoms. The fourth-order valence-corrected chi connectivity index (χ4v) is 2.73. The Kier molecular flexibility index (Phi) is 3.64. The first-order valence-corrected chi connectivity index (χ1v) is 6.77. The zero-order valence-electron chi connectivity index (χ0n) is 9.74. The molecule has 0 atom stereocenters. The number of thiophene rings is 1. The summed E-state index contributed by atoms with van der Waals surface area (Å²) < 4.78 is 1.73. The Morgan fingerprint density at radius 1 is 1.53 bits per heavy atom. The van der Waals surface area contributed by atoms with Crippen LogP contribution in [0.25, 0.3) is 0 Å². The Balaban J connectivity index is 2.43. The zero-order chi connectivity index (χ0) is 12.4. The molecule has 0 N–H and O–H groups in total. The summed E-state index contributed by atoms with van der Waals surface area (Å²) in [6.07, 6.45) is 0.825. The lowest BCUT2D eigenvalue weighted by Crippen LogP contribution is -2.09. The Bertz CT molecular complexity index is 544. The second-order valence-corrected chi connectivity index (χ2v) is 4.94. The summed E-state index contributed by atoms with van der Waals surface area (Å²) in [6.45, 7) is 4.68. The fraction of sp³-hybridized carbons (Fsp3) is 0.333. The molecule has 0 radical (unpaired) electrons. The molecule has 0 saturated heterocycles. The van der Waals surface area contributed by atoms with Crippen LogP contribution in [0.3, 0.4) is 0 Å². The highest BCUT2D eigenvalue weighted by Crippen LogP contribution is 2.25. The predicted molar refractivity (Wildman–Crippen MR) is 70.0 cm³/mol. The molecule has 0 aromatic carbocycles. The molecule has 0 saturated carbocycles. The van der Waals surface area contributed by atoms with Gasteiger partial charge in [0.05, 0.1) is 15.6 Å². The van der Waals surface area contributed by atoms with Crippen LogP contribution in [0.1, 0.15) is 34.9 Å². The minimum atomic E-state index is -0.0425. The summed E-state index contributed by atoms with van der Waals surface area (Å²) in [5.41, 5.74) is 1.55. The van der Waals surface area contributed by atoms with Crippen LogP contribution in [0, 0.1) is 0 Å². The lowest BCUT2D eigenvalue weighted by atomic mass is 10.2. The van der Waals surface area contributed by atoms with Crippen molar-refractivity contribution in [2.45, 2.75) is 26.8 Å². The van der Waals surface area contributed by atoms with Gasteiger partial charge in [-0.1, -0.05) is 18.5 Å². The average molecular weight is 269 g/mol. The summed E-state index contributed by atoms with van der Waals surface area (Å²) in [7, 11) is 0. The van der Waals surface area contributed by atoms with E-state index in [9.17, 15) is 4.79 Å². The van der Waals surface area contributed by atoms with Gasteiger partial charge in [-0.25, -0.2) is 0 Å². The van der Waals surface area contributed by atoms with E-state index in [0.29, 0.717) is 22.1 Å². The second kappa shape index (κ2) is 5.02. The molecule has 5 heteroatoms. The molecule has 0 fully saturated rings. The molecule has 2 aromatic rings. The molecular formula is C12H13ClN2OS. The molecule has 0 spiro atoms. The van der Waals surface area contributed by atoms with Crippen LogP contribution in [0.5, 0.6) is 0 Å². The maximum absolute atomic E-state index is 12.3. The van der Waals surface area contributed by atoms with E-state index in [4.69, 9.17) is 11.6 Å². The first kappa shape index (κ1) is 12.3. The highest BCUT2D eigenvalue weighted by Gasteiger charge is 2.19. The van der Waals surface area contributed by atoms with Crippen LogP contribution in [0.15, 0.2) is 17.5 Å². The fourth-order valence-electron chi connectivity index (χ4n) is 1.64. The van der Waals surface area contributed by atoms with E-state index < -0.39 is 0 Å². The third-order valence-corrected chi connectivity index (χ3v) is 3.89. The molecule has 0 aliphatic carbocycles. The zero-order valence-corrected chi connectivity index (χ0v) is 11.3. The first-order valence-electron chi connectivity index (χ1n) is 5.51. The predicted octanol–water partition coefficient (Wildman–Crippen LogP) is 3.41. The van der Waals surface area contributed by atoms with Crippen molar-refractivity contribution in [3.63, 3.8) is 0 Å². The van der Waals surface area contributed by atoms with Crippen molar-refractivity contribution in [1.29, 1.82) is 0 Å². The van der Waals surface area contributed by atoms with Gasteiger partial charge >= 0.3 is 0 Å². The molecule has 17 heavy (non-hydrogen) atoms. The number of aromatic nitrogens is 2. The molecule has 2 heterocycles. The molecule has 0 unspecified atom stereocenters. The van der Waals surface area contributed by atoms with Crippen molar-refractivity contribution < 1.29 is 4.79 Å². The maximum Gasteiger partial charge on any atom is 0.222 e. The van der Waals surface area contributed by atoms with Crippen molar-refractivity contribution in [2.24, 2.45) is 0 Å². The molecule has 0 amide bonds. The first-order chi connectivity index (χ1) is 8.17. The second-order valence-electron chi connectivity index (χ2n) is 3.62. The smallest absolute Gasteiger partial charge is 0.222 e. The molecule has 90 valence electrons. The minimum absolute atomic E-state index is 0.0425. The van der Waals surface area contributed by atoms with Crippen molar-refractivity contribution in [3.05, 3.63) is 38.8 Å². The summed E-state index contributed by atoms with van der Waals surface area (Å²) in [5.74, 6) is -0.0425. The number of aryl methyl sites for hydroxylation is 2. The summed E-state index contributed by atoms with van der Waals surface area (Å²) in [6, 6.07) is 3.59. The Labute approximate surface area is 109 Å². The Morgan fingerprint density at radius 3 is 2.82 bits per heavy atom. The van der Waals surface area contributed by atoms with Crippen LogP contribution in [0.4, 0.5) is 0 Å². The van der Waals surface area contributed by atoms with Gasteiger partial charge in [-0.15, -0.1) is 11.3 Å². The van der Waals surface area contributed by atoms with Crippen LogP contribution < -0.4 is 0 Å². The molecule has 3 nitrogen and oxygen atoms in total. The summed E-state index contributed by atoms with van der Waals surface area (Å²) in [5, 5.41) is 6.70. The van der Waals surface area contributed by atoms with Gasteiger partial charge in [0.15, 0.2) is 0 Å². The number of rotatable bonds is 4. The van der Waals surface area contributed by atoms with E-state index in [1.807, 2.05) is 25.3 Å². The highest BCUT2D eigenvalue weighted by atomic mass is 35.5. The normalized spacial score (nSPS) is 10.8. The van der Waals surface area contributed by atoms with Crippen LogP contribution in [-0.4, -0.2) is 15.6 Å². The number of nitrogens with zero attached hydrogens (tertiary/aromatic N) is 2. The van der Waals surface area contributed by atoms with Gasteiger partial charge in [0.2, 0.25) is 5.78 Å². The standard InChI is InChI=1S/C12H13ClN2OS/c1-3-8-7-10(15(4-2)14-8)11(16)12-9(13)5-6-17-12/h5-7H,3-4H2,1-2H3. The van der Waals surface area contributed by atoms with Crippen molar-refractivity contribution in [2.75, 3.05) is 0 Å². The molecule has 0 aliphatic heterocycles. The minimum Gasteiger partial charge on any atom is -0.286 e. The summed E-state index contributed by atoms with van der Waals surface area (Å²) in [4.78, 5) is 12.9. The number of carbonyl (C=O) groups excluding carboxylic acids is 1. The Hall–Kier alpha value is -1.13. The van der Waals surface area contributed by atoms with E-state index >= 15 is 0 Å². The number of hydrogen-bond acceptors (Lipinski definition) is 3. The van der Waals surface area contributed by atoms with Crippen molar-refractivity contribution in [3.8, 4) is 0 Å². The number of carbonyl (C=O) groups is 1. The van der Waals surface area contributed by atoms with Gasteiger partial charge in [0, 0.05) is 6.54 Å². The molecular weight excluding hydrogens is 256 g/mol. The van der Waals surface area contributed by atoms with Crippen LogP contribution >= 0.6 is 22.9 Å². The van der Waals surface area contributed by atoms with E-state index in [2.05, 4.69) is 5.10 Å². The maximum atomic E-state index is 12.3. The van der Waals surface area contributed by atoms with Gasteiger partial charge in [0.25, 0.3) is 0 Å². The van der Waals surface area contributed by atoms with Gasteiger partial charge in [0.1, 0.15) is 5.69 Å². The molecule has 2 aromatic heterocycles. The highest BCUT2D eigenvalue weighted by molar-refractivity contribution is 7.13. The monoisotopic (exact) mass is 268 g/mol. The van der Waals surface area contributed by atoms with Gasteiger partial charge in [-0.3, -0.25) is 9.48 Å². The van der Waals surface area contributed by atoms with Crippen molar-refractivity contribution in [1.82, 2.24) is 9.78 Å². The van der Waals surface area contributed by atoms with Gasteiger partial charge < -0.3 is 0 Å². The van der Waals surface area contributed by atoms with Crippen LogP contribution in [-0.2, 0) is 13.0 Å². The van der Waals surface area contributed by atoms with E-state index in [-0.39, 0.29) is 5.78 Å². The van der Waals surface area contributed by atoms with Crippen LogP contribution in [0.2, 0.25) is 5.02 Å². The molecule has 2 rings (SSSR count). The lowest BCUT2D eigenvalue weighted by Gasteiger charge is -2.02. The average Bonchev–Trinajstić information content (AvgIpc) is 2.93. The van der Waals surface area contributed by atoms with Gasteiger partial charge in [-0.2, -0.15) is 5.10 Å². The topological polar surface area (TPSA) is 34.9 Å². The van der Waals surface area contributed by atoms with E-state index in [1.54, 1.807) is 10.7 Å². The lowest BCUT2D eigenvalue weighted by molar-refractivity contribution is 0.103. The third-order valence-electron chi connectivity index (χ3n) is 2.55. The van der Waals surface area contributed by atoms with Crippen molar-refractivity contribution >= 4 is 28.7 Å². The Morgan fingerprint density at radius 2 is 2.29 bits per heavy atom. The number of ketones is 1. The summed E-state index contributed by atoms with van der Waals surface area (Å²) >= 11 is 7.35. The SMILES string of the molecule is CCc1cc(C(=O)c2sccc2Cl)n(CC)n1. The van der Waals surface area contributed by atoms with E-state index in [1.165, 1.54) is 11.3 Å². The molecule has 0 aliphatic rings. The number of hydrogen-bond donors (Lipinski definition) is 0. The van der Waals surface area contributed by atoms with E-state index in [0.717, 1.165) is 12.1 Å².